The highest BCUT2D eigenvalue weighted by molar-refractivity contribution is 5.98. The van der Waals surface area contributed by atoms with Crippen molar-refractivity contribution in [2.75, 3.05) is 4.90 Å². The van der Waals surface area contributed by atoms with E-state index in [-0.39, 0.29) is 5.41 Å². The van der Waals surface area contributed by atoms with Gasteiger partial charge in [-0.05, 0) is 115 Å². The zero-order chi connectivity index (χ0) is 40.5. The first-order valence-electron chi connectivity index (χ1n) is 21.2. The minimum atomic E-state index is -0.463. The molecule has 288 valence electrons. The lowest BCUT2D eigenvalue weighted by Gasteiger charge is -2.31. The third-order valence-corrected chi connectivity index (χ3v) is 13.8. The average molecular weight is 782 g/mol. The van der Waals surface area contributed by atoms with E-state index in [4.69, 9.17) is 9.47 Å². The maximum atomic E-state index is 7.13. The van der Waals surface area contributed by atoms with Crippen molar-refractivity contribution in [2.45, 2.75) is 24.7 Å². The Morgan fingerprint density at radius 1 is 0.344 bits per heavy atom. The highest BCUT2D eigenvalue weighted by atomic mass is 16.6. The molecule has 3 nitrogen and oxygen atoms in total. The lowest BCUT2D eigenvalue weighted by Crippen LogP contribution is -2.25. The third kappa shape index (κ3) is 4.58. The molecule has 0 radical (unpaired) electrons. The monoisotopic (exact) mass is 781 g/mol. The fraction of sp³-hybridized carbons (Fsp3) is 0.0690. The van der Waals surface area contributed by atoms with Crippen LogP contribution in [-0.4, -0.2) is 0 Å². The van der Waals surface area contributed by atoms with E-state index in [9.17, 15) is 0 Å². The average Bonchev–Trinajstić information content (AvgIpc) is 3.88. The molecule has 0 saturated carbocycles. The molecule has 0 aromatic heterocycles. The molecule has 0 saturated heterocycles. The van der Waals surface area contributed by atoms with E-state index in [0.29, 0.717) is 11.5 Å². The molecular formula is C58H39NO2. The standard InChI is InChI=1S/C58H39NO2/c1-57(2)45-22-10-8-19-43(45)54-40(21-14-26-49(54)57)36-27-29-38(30-28-36)59(37-15-4-3-5-16-37)39-31-33-51-53(35-39)61-56-52(60-51)34-32-50-55(56)44-20-9-13-25-48(44)58(50)46-23-11-6-17-41(46)42-18-7-12-24-47(42)58/h3-35H,1-2H3. The minimum absolute atomic E-state index is 0.0526. The molecule has 4 aliphatic rings. The van der Waals surface area contributed by atoms with Crippen molar-refractivity contribution in [3.63, 3.8) is 0 Å². The normalized spacial score (nSPS) is 14.6. The zero-order valence-electron chi connectivity index (χ0n) is 33.8. The maximum Gasteiger partial charge on any atom is 0.178 e. The topological polar surface area (TPSA) is 21.7 Å². The number of benzene rings is 9. The van der Waals surface area contributed by atoms with E-state index in [1.54, 1.807) is 0 Å². The van der Waals surface area contributed by atoms with Crippen LogP contribution in [0.2, 0.25) is 0 Å². The summed E-state index contributed by atoms with van der Waals surface area (Å²) in [6, 6.07) is 72.4. The first kappa shape index (κ1) is 34.3. The second-order valence-electron chi connectivity index (χ2n) is 17.2. The van der Waals surface area contributed by atoms with E-state index in [1.165, 1.54) is 72.3 Å². The SMILES string of the molecule is CC1(C)c2ccccc2-c2c(-c3ccc(N(c4ccccc4)c4ccc5c(c4)Oc4c(ccc6c4-c4ccccc4C64c6ccccc6-c6ccccc64)O5)cc3)cccc21. The maximum absolute atomic E-state index is 7.13. The Morgan fingerprint density at radius 3 is 1.57 bits per heavy atom. The lowest BCUT2D eigenvalue weighted by atomic mass is 9.70. The van der Waals surface area contributed by atoms with E-state index in [0.717, 1.165) is 34.1 Å². The Hall–Kier alpha value is -7.62. The van der Waals surface area contributed by atoms with Gasteiger partial charge in [0, 0.05) is 28.4 Å². The van der Waals surface area contributed by atoms with Crippen molar-refractivity contribution in [3.8, 4) is 67.5 Å². The van der Waals surface area contributed by atoms with Gasteiger partial charge in [-0.15, -0.1) is 0 Å². The van der Waals surface area contributed by atoms with Gasteiger partial charge >= 0.3 is 0 Å². The highest BCUT2D eigenvalue weighted by Crippen LogP contribution is 2.66. The largest absolute Gasteiger partial charge is 0.449 e. The molecule has 0 unspecified atom stereocenters. The summed E-state index contributed by atoms with van der Waals surface area (Å²) in [7, 11) is 0. The third-order valence-electron chi connectivity index (χ3n) is 13.8. The molecular weight excluding hydrogens is 743 g/mol. The Morgan fingerprint density at radius 2 is 0.869 bits per heavy atom. The Bertz CT molecular complexity index is 3240. The van der Waals surface area contributed by atoms with Crippen molar-refractivity contribution in [1.29, 1.82) is 0 Å². The summed E-state index contributed by atoms with van der Waals surface area (Å²) in [4.78, 5) is 2.29. The second kappa shape index (κ2) is 12.5. The van der Waals surface area contributed by atoms with Crippen LogP contribution >= 0.6 is 0 Å². The smallest absolute Gasteiger partial charge is 0.178 e. The van der Waals surface area contributed by atoms with Gasteiger partial charge in [-0.2, -0.15) is 0 Å². The molecule has 1 spiro atoms. The van der Waals surface area contributed by atoms with E-state index < -0.39 is 5.41 Å². The van der Waals surface area contributed by atoms with Crippen LogP contribution in [0.4, 0.5) is 17.1 Å². The number of para-hydroxylation sites is 1. The van der Waals surface area contributed by atoms with Crippen LogP contribution in [0.3, 0.4) is 0 Å². The number of anilines is 3. The molecule has 13 rings (SSSR count). The van der Waals surface area contributed by atoms with Crippen molar-refractivity contribution < 1.29 is 9.47 Å². The Balaban J connectivity index is 0.921. The van der Waals surface area contributed by atoms with Gasteiger partial charge in [0.15, 0.2) is 23.0 Å². The van der Waals surface area contributed by atoms with Crippen LogP contribution in [-0.2, 0) is 10.8 Å². The Kier molecular flexibility index (Phi) is 6.99. The summed E-state index contributed by atoms with van der Waals surface area (Å²) in [5.41, 5.74) is 20.4. The van der Waals surface area contributed by atoms with Crippen molar-refractivity contribution >= 4 is 17.1 Å². The van der Waals surface area contributed by atoms with Crippen molar-refractivity contribution in [2.24, 2.45) is 0 Å². The van der Waals surface area contributed by atoms with Gasteiger partial charge in [0.1, 0.15) is 0 Å². The fourth-order valence-corrected chi connectivity index (χ4v) is 11.2. The van der Waals surface area contributed by atoms with Gasteiger partial charge in [0.05, 0.1) is 11.1 Å². The highest BCUT2D eigenvalue weighted by Gasteiger charge is 2.53. The van der Waals surface area contributed by atoms with Crippen molar-refractivity contribution in [3.05, 3.63) is 234 Å². The molecule has 0 atom stereocenters. The van der Waals surface area contributed by atoms with Gasteiger partial charge in [0.2, 0.25) is 0 Å². The lowest BCUT2D eigenvalue weighted by molar-refractivity contribution is 0.360. The first-order valence-corrected chi connectivity index (χ1v) is 21.2. The molecule has 61 heavy (non-hydrogen) atoms. The van der Waals surface area contributed by atoms with Gasteiger partial charge < -0.3 is 14.4 Å². The summed E-state index contributed by atoms with van der Waals surface area (Å²) < 4.78 is 13.9. The molecule has 1 aliphatic heterocycles. The molecule has 3 heteroatoms. The number of fused-ring (bicyclic) bond motifs is 16. The van der Waals surface area contributed by atoms with Crippen LogP contribution in [0, 0.1) is 0 Å². The van der Waals surface area contributed by atoms with Gasteiger partial charge in [0.25, 0.3) is 0 Å². The molecule has 0 bridgehead atoms. The van der Waals surface area contributed by atoms with Crippen LogP contribution < -0.4 is 14.4 Å². The number of rotatable bonds is 4. The minimum Gasteiger partial charge on any atom is -0.449 e. The van der Waals surface area contributed by atoms with Gasteiger partial charge in [-0.3, -0.25) is 0 Å². The Labute approximate surface area is 355 Å². The number of nitrogens with zero attached hydrogens (tertiary/aromatic N) is 1. The first-order chi connectivity index (χ1) is 30.0. The summed E-state index contributed by atoms with van der Waals surface area (Å²) in [5.74, 6) is 2.85. The van der Waals surface area contributed by atoms with E-state index in [2.05, 4.69) is 213 Å². The quantitative estimate of drug-likeness (QED) is 0.177. The summed E-state index contributed by atoms with van der Waals surface area (Å²) >= 11 is 0. The van der Waals surface area contributed by atoms with E-state index in [1.807, 2.05) is 6.07 Å². The molecule has 3 aliphatic carbocycles. The van der Waals surface area contributed by atoms with Gasteiger partial charge in [-0.1, -0.05) is 166 Å². The summed E-state index contributed by atoms with van der Waals surface area (Å²) in [5, 5.41) is 0. The molecule has 0 N–H and O–H groups in total. The predicted octanol–water partition coefficient (Wildman–Crippen LogP) is 15.4. The van der Waals surface area contributed by atoms with Crippen LogP contribution in [0.25, 0.3) is 44.5 Å². The fourth-order valence-electron chi connectivity index (χ4n) is 11.2. The van der Waals surface area contributed by atoms with Crippen LogP contribution in [0.1, 0.15) is 47.2 Å². The van der Waals surface area contributed by atoms with Gasteiger partial charge in [-0.25, -0.2) is 0 Å². The second-order valence-corrected chi connectivity index (χ2v) is 17.2. The summed E-state index contributed by atoms with van der Waals surface area (Å²) in [6.07, 6.45) is 0. The molecule has 0 fully saturated rings. The zero-order valence-corrected chi connectivity index (χ0v) is 33.8. The molecule has 0 amide bonds. The van der Waals surface area contributed by atoms with Crippen molar-refractivity contribution in [1.82, 2.24) is 0 Å². The molecule has 9 aromatic rings. The van der Waals surface area contributed by atoms with E-state index >= 15 is 0 Å². The predicted molar refractivity (Wildman–Crippen MR) is 247 cm³/mol. The summed E-state index contributed by atoms with van der Waals surface area (Å²) in [6.45, 7) is 4.68. The number of hydrogen-bond donors (Lipinski definition) is 0. The number of ether oxygens (including phenoxy) is 2. The van der Waals surface area contributed by atoms with Crippen LogP contribution in [0.5, 0.6) is 23.0 Å². The van der Waals surface area contributed by atoms with Crippen LogP contribution in [0.15, 0.2) is 200 Å². The number of hydrogen-bond acceptors (Lipinski definition) is 3. The molecule has 9 aromatic carbocycles. The molecule has 1 heterocycles.